The van der Waals surface area contributed by atoms with E-state index in [1.807, 2.05) is 36.1 Å². The van der Waals surface area contributed by atoms with E-state index in [0.29, 0.717) is 19.1 Å². The van der Waals surface area contributed by atoms with Gasteiger partial charge in [0.1, 0.15) is 11.3 Å². The SMILES string of the molecule is CCN1C(=O)N(Cc2cccc(OC)c2)C(=O)C12CCN(C(C)C1CCC1)CC2. The zero-order valence-corrected chi connectivity index (χ0v) is 17.9. The molecule has 0 aromatic heterocycles. The fourth-order valence-electron chi connectivity index (χ4n) is 5.32. The summed E-state index contributed by atoms with van der Waals surface area (Å²) >= 11 is 0. The molecule has 2 heterocycles. The number of carbonyl (C=O) groups excluding carboxylic acids is 2. The second-order valence-corrected chi connectivity index (χ2v) is 8.77. The van der Waals surface area contributed by atoms with Crippen molar-refractivity contribution < 1.29 is 14.3 Å². The number of likely N-dealkylation sites (N-methyl/N-ethyl adjacent to an activating group) is 1. The largest absolute Gasteiger partial charge is 0.497 e. The molecule has 1 aromatic rings. The van der Waals surface area contributed by atoms with Crippen LogP contribution in [-0.2, 0) is 11.3 Å². The third-order valence-electron chi connectivity index (χ3n) is 7.45. The Balaban J connectivity index is 1.50. The molecule has 1 atom stereocenters. The van der Waals surface area contributed by atoms with Crippen molar-refractivity contribution in [3.63, 3.8) is 0 Å². The van der Waals surface area contributed by atoms with Gasteiger partial charge in [0.25, 0.3) is 5.91 Å². The molecule has 1 spiro atoms. The van der Waals surface area contributed by atoms with E-state index in [4.69, 9.17) is 4.74 Å². The highest BCUT2D eigenvalue weighted by Crippen LogP contribution is 2.40. The average molecular weight is 400 g/mol. The van der Waals surface area contributed by atoms with E-state index in [1.54, 1.807) is 7.11 Å². The first kappa shape index (κ1) is 20.2. The summed E-state index contributed by atoms with van der Waals surface area (Å²) in [6, 6.07) is 8.03. The molecule has 2 aliphatic heterocycles. The normalized spacial score (nSPS) is 23.6. The Labute approximate surface area is 173 Å². The first-order valence-corrected chi connectivity index (χ1v) is 11.0. The zero-order valence-electron chi connectivity index (χ0n) is 17.9. The highest BCUT2D eigenvalue weighted by atomic mass is 16.5. The molecule has 3 aliphatic rings. The molecule has 0 N–H and O–H groups in total. The van der Waals surface area contributed by atoms with Crippen LogP contribution in [0.25, 0.3) is 0 Å². The summed E-state index contributed by atoms with van der Waals surface area (Å²) in [5, 5.41) is 0. The Bertz CT molecular complexity index is 768. The van der Waals surface area contributed by atoms with Crippen molar-refractivity contribution in [3.8, 4) is 5.75 Å². The van der Waals surface area contributed by atoms with Gasteiger partial charge in [-0.1, -0.05) is 18.6 Å². The van der Waals surface area contributed by atoms with E-state index in [9.17, 15) is 9.59 Å². The smallest absolute Gasteiger partial charge is 0.327 e. The Morgan fingerprint density at radius 2 is 1.93 bits per heavy atom. The standard InChI is InChI=1S/C23H33N3O3/c1-4-26-22(28)25(16-18-7-5-10-20(15-18)29-3)21(27)23(26)11-13-24(14-12-23)17(2)19-8-6-9-19/h5,7,10,15,17,19H,4,6,8-9,11-14,16H2,1-3H3. The quantitative estimate of drug-likeness (QED) is 0.687. The van der Waals surface area contributed by atoms with E-state index in [-0.39, 0.29) is 11.9 Å². The summed E-state index contributed by atoms with van der Waals surface area (Å²) in [5.41, 5.74) is 0.246. The summed E-state index contributed by atoms with van der Waals surface area (Å²) in [6.45, 7) is 6.95. The van der Waals surface area contributed by atoms with Crippen LogP contribution in [0.4, 0.5) is 4.79 Å². The third-order valence-corrected chi connectivity index (χ3v) is 7.45. The minimum Gasteiger partial charge on any atom is -0.497 e. The Hall–Kier alpha value is -2.08. The lowest BCUT2D eigenvalue weighted by atomic mass is 9.78. The number of urea groups is 1. The van der Waals surface area contributed by atoms with Gasteiger partial charge >= 0.3 is 6.03 Å². The van der Waals surface area contributed by atoms with Crippen LogP contribution in [0.5, 0.6) is 5.75 Å². The van der Waals surface area contributed by atoms with Crippen LogP contribution in [0.1, 0.15) is 51.5 Å². The average Bonchev–Trinajstić information content (AvgIpc) is 2.88. The van der Waals surface area contributed by atoms with Crippen LogP contribution in [0.3, 0.4) is 0 Å². The number of hydrogen-bond acceptors (Lipinski definition) is 4. The van der Waals surface area contributed by atoms with Crippen molar-refractivity contribution in [1.29, 1.82) is 0 Å². The third kappa shape index (κ3) is 3.41. The van der Waals surface area contributed by atoms with Crippen LogP contribution >= 0.6 is 0 Å². The fraction of sp³-hybridized carbons (Fsp3) is 0.652. The van der Waals surface area contributed by atoms with Crippen molar-refractivity contribution in [2.45, 2.75) is 64.1 Å². The molecule has 6 heteroatoms. The first-order valence-electron chi connectivity index (χ1n) is 11.0. The molecule has 158 valence electrons. The van der Waals surface area contributed by atoms with Gasteiger partial charge < -0.3 is 14.5 Å². The van der Waals surface area contributed by atoms with Crippen molar-refractivity contribution in [1.82, 2.24) is 14.7 Å². The van der Waals surface area contributed by atoms with Gasteiger partial charge in [-0.05, 0) is 63.1 Å². The zero-order chi connectivity index (χ0) is 20.6. The van der Waals surface area contributed by atoms with Crippen LogP contribution in [0, 0.1) is 5.92 Å². The number of imide groups is 1. The lowest BCUT2D eigenvalue weighted by Crippen LogP contribution is -2.58. The molecule has 6 nitrogen and oxygen atoms in total. The number of methoxy groups -OCH3 is 1. The van der Waals surface area contributed by atoms with Crippen LogP contribution < -0.4 is 4.74 Å². The molecule has 1 aromatic carbocycles. The second-order valence-electron chi connectivity index (χ2n) is 8.77. The van der Waals surface area contributed by atoms with Crippen LogP contribution in [0.2, 0.25) is 0 Å². The van der Waals surface area contributed by atoms with Crippen molar-refractivity contribution in [3.05, 3.63) is 29.8 Å². The van der Waals surface area contributed by atoms with Gasteiger partial charge in [-0.2, -0.15) is 0 Å². The maximum absolute atomic E-state index is 13.5. The second kappa shape index (κ2) is 7.98. The maximum Gasteiger partial charge on any atom is 0.327 e. The highest BCUT2D eigenvalue weighted by Gasteiger charge is 2.57. The number of rotatable bonds is 6. The molecule has 1 saturated carbocycles. The number of carbonyl (C=O) groups is 2. The Morgan fingerprint density at radius 1 is 1.21 bits per heavy atom. The number of nitrogens with zero attached hydrogens (tertiary/aromatic N) is 3. The lowest BCUT2D eigenvalue weighted by Gasteiger charge is -2.46. The maximum atomic E-state index is 13.5. The highest BCUT2D eigenvalue weighted by molar-refractivity contribution is 6.07. The van der Waals surface area contributed by atoms with E-state index in [2.05, 4.69) is 11.8 Å². The number of likely N-dealkylation sites (tertiary alicyclic amines) is 1. The van der Waals surface area contributed by atoms with Gasteiger partial charge in [0.2, 0.25) is 0 Å². The number of hydrogen-bond donors (Lipinski definition) is 0. The topological polar surface area (TPSA) is 53.1 Å². The molecule has 0 radical (unpaired) electrons. The summed E-state index contributed by atoms with van der Waals surface area (Å²) in [6.07, 6.45) is 5.47. The summed E-state index contributed by atoms with van der Waals surface area (Å²) < 4.78 is 5.29. The minimum absolute atomic E-state index is 0.0249. The Kier molecular flexibility index (Phi) is 5.56. The van der Waals surface area contributed by atoms with E-state index in [1.165, 1.54) is 24.2 Å². The van der Waals surface area contributed by atoms with Crippen molar-refractivity contribution in [2.75, 3.05) is 26.7 Å². The molecule has 29 heavy (non-hydrogen) atoms. The molecular formula is C23H33N3O3. The van der Waals surface area contributed by atoms with Gasteiger partial charge in [0.05, 0.1) is 13.7 Å². The summed E-state index contributed by atoms with van der Waals surface area (Å²) in [7, 11) is 1.62. The molecule has 2 saturated heterocycles. The lowest BCUT2D eigenvalue weighted by molar-refractivity contribution is -0.136. The predicted octanol–water partition coefficient (Wildman–Crippen LogP) is 3.50. The number of amides is 3. The van der Waals surface area contributed by atoms with Crippen molar-refractivity contribution >= 4 is 11.9 Å². The molecule has 3 amide bonds. The van der Waals surface area contributed by atoms with E-state index < -0.39 is 5.54 Å². The minimum atomic E-state index is -0.666. The predicted molar refractivity (Wildman–Crippen MR) is 112 cm³/mol. The number of benzene rings is 1. The van der Waals surface area contributed by atoms with Gasteiger partial charge in [-0.15, -0.1) is 0 Å². The van der Waals surface area contributed by atoms with Gasteiger partial charge in [-0.3, -0.25) is 9.69 Å². The summed E-state index contributed by atoms with van der Waals surface area (Å²) in [4.78, 5) is 32.5. The molecule has 4 rings (SSSR count). The number of piperidine rings is 1. The fourth-order valence-corrected chi connectivity index (χ4v) is 5.32. The van der Waals surface area contributed by atoms with Gasteiger partial charge in [0.15, 0.2) is 0 Å². The van der Waals surface area contributed by atoms with E-state index >= 15 is 0 Å². The monoisotopic (exact) mass is 399 g/mol. The molecule has 1 aliphatic carbocycles. The van der Waals surface area contributed by atoms with Gasteiger partial charge in [-0.25, -0.2) is 4.79 Å². The Morgan fingerprint density at radius 3 is 2.52 bits per heavy atom. The molecule has 3 fully saturated rings. The van der Waals surface area contributed by atoms with Crippen molar-refractivity contribution in [2.24, 2.45) is 5.92 Å². The van der Waals surface area contributed by atoms with Crippen LogP contribution in [-0.4, -0.2) is 65.0 Å². The van der Waals surface area contributed by atoms with Crippen LogP contribution in [0.15, 0.2) is 24.3 Å². The summed E-state index contributed by atoms with van der Waals surface area (Å²) in [5.74, 6) is 1.52. The first-order chi connectivity index (χ1) is 14.0. The molecular weight excluding hydrogens is 366 g/mol. The van der Waals surface area contributed by atoms with E-state index in [0.717, 1.165) is 43.2 Å². The molecule has 0 bridgehead atoms. The number of ether oxygens (including phenoxy) is 1. The molecule has 1 unspecified atom stereocenters. The van der Waals surface area contributed by atoms with Gasteiger partial charge in [0, 0.05) is 25.7 Å².